The molecular weight excluding hydrogens is 455 g/mol. The molecule has 0 bridgehead atoms. The van der Waals surface area contributed by atoms with Crippen molar-refractivity contribution < 1.29 is 13.3 Å². The van der Waals surface area contributed by atoms with Gasteiger partial charge in [-0.05, 0) is 32.0 Å². The topological polar surface area (TPSA) is 93.8 Å². The Labute approximate surface area is 197 Å². The van der Waals surface area contributed by atoms with E-state index in [4.69, 9.17) is 4.74 Å². The molecule has 1 atom stereocenters. The van der Waals surface area contributed by atoms with Crippen molar-refractivity contribution in [2.24, 2.45) is 4.36 Å². The molecule has 0 radical (unpaired) electrons. The smallest absolute Gasteiger partial charge is 0.209 e. The third kappa shape index (κ3) is 3.67. The van der Waals surface area contributed by atoms with E-state index in [0.717, 1.165) is 28.1 Å². The average molecular weight is 481 g/mol. The number of aromatic nitrogens is 4. The van der Waals surface area contributed by atoms with Crippen LogP contribution in [0.15, 0.2) is 46.2 Å². The maximum Gasteiger partial charge on any atom is 0.209 e. The normalized spacial score (nSPS) is 14.5. The maximum absolute atomic E-state index is 14.6. The van der Waals surface area contributed by atoms with Crippen molar-refractivity contribution in [1.29, 1.82) is 0 Å². The summed E-state index contributed by atoms with van der Waals surface area (Å²) in [6.45, 7) is 4.62. The molecule has 34 heavy (non-hydrogen) atoms. The molecule has 0 saturated carbocycles. The lowest BCUT2D eigenvalue weighted by Gasteiger charge is -2.15. The molecule has 8 nitrogen and oxygen atoms in total. The number of halogens is 1. The predicted molar refractivity (Wildman–Crippen MR) is 129 cm³/mol. The number of pyridine rings is 1. The number of fused-ring (bicyclic) bond motifs is 2. The molecule has 1 N–H and O–H groups in total. The summed E-state index contributed by atoms with van der Waals surface area (Å²) in [4.78, 5) is 13.6. The van der Waals surface area contributed by atoms with Gasteiger partial charge in [-0.2, -0.15) is 0 Å². The summed E-state index contributed by atoms with van der Waals surface area (Å²) in [6.07, 6.45) is 5.51. The number of rotatable bonds is 5. The molecule has 10 heteroatoms. The number of hydrogen-bond donors (Lipinski definition) is 1. The summed E-state index contributed by atoms with van der Waals surface area (Å²) < 4.78 is 39.3. The van der Waals surface area contributed by atoms with Crippen molar-refractivity contribution in [2.45, 2.75) is 31.8 Å². The van der Waals surface area contributed by atoms with E-state index in [1.807, 2.05) is 26.0 Å². The summed E-state index contributed by atoms with van der Waals surface area (Å²) in [5, 5.41) is 3.61. The van der Waals surface area contributed by atoms with Gasteiger partial charge in [0.05, 0.1) is 21.9 Å². The van der Waals surface area contributed by atoms with Crippen LogP contribution < -0.4 is 10.1 Å². The Bertz CT molecular complexity index is 1560. The molecule has 3 aromatic heterocycles. The van der Waals surface area contributed by atoms with Gasteiger partial charge >= 0.3 is 0 Å². The van der Waals surface area contributed by atoms with Crippen LogP contribution in [0.2, 0.25) is 0 Å². The second kappa shape index (κ2) is 8.35. The van der Waals surface area contributed by atoms with Crippen LogP contribution in [0.3, 0.4) is 0 Å². The highest BCUT2D eigenvalue weighted by atomic mass is 32.2. The molecule has 4 aromatic rings. The van der Waals surface area contributed by atoms with Crippen LogP contribution >= 0.6 is 0 Å². The zero-order valence-corrected chi connectivity index (χ0v) is 20.2. The first kappa shape index (κ1) is 22.3. The van der Waals surface area contributed by atoms with Crippen molar-refractivity contribution in [1.82, 2.24) is 19.4 Å². The zero-order chi connectivity index (χ0) is 24.0. The molecule has 0 saturated heterocycles. The van der Waals surface area contributed by atoms with Crippen LogP contribution in [0.5, 0.6) is 5.75 Å². The van der Waals surface area contributed by atoms with E-state index in [1.165, 1.54) is 13.1 Å². The fraction of sp³-hybridized carbons (Fsp3) is 0.292. The summed E-state index contributed by atoms with van der Waals surface area (Å²) in [5.41, 5.74) is 5.40. The standard InChI is InChI=1S/C24H25FN6O2S/c1-14-5-6-16(15(2)30-14)19-12-28-24(31-13-29-23(22(19)31)34(4,32)26-3)27-11-18-17-9-10-33-21(17)8-7-20(18)25/h5-8,12-13H,9-11H2,1-4H3,(H,27,28). The van der Waals surface area contributed by atoms with Gasteiger partial charge in [-0.15, -0.1) is 0 Å². The second-order valence-corrected chi connectivity index (χ2v) is 10.6. The summed E-state index contributed by atoms with van der Waals surface area (Å²) >= 11 is 0. The number of imidazole rings is 1. The maximum atomic E-state index is 14.6. The number of anilines is 1. The van der Waals surface area contributed by atoms with E-state index in [0.29, 0.717) is 40.8 Å². The molecule has 176 valence electrons. The number of ether oxygens (including phenoxy) is 1. The van der Waals surface area contributed by atoms with Gasteiger partial charge in [0.1, 0.15) is 17.9 Å². The highest BCUT2D eigenvalue weighted by molar-refractivity contribution is 7.93. The number of hydrogen-bond acceptors (Lipinski definition) is 7. The third-order valence-electron chi connectivity index (χ3n) is 6.12. The van der Waals surface area contributed by atoms with E-state index in [-0.39, 0.29) is 12.4 Å². The fourth-order valence-corrected chi connectivity index (χ4v) is 5.31. The van der Waals surface area contributed by atoms with Gasteiger partial charge < -0.3 is 10.1 Å². The van der Waals surface area contributed by atoms with Crippen molar-refractivity contribution in [2.75, 3.05) is 25.2 Å². The predicted octanol–water partition coefficient (Wildman–Crippen LogP) is 4.18. The minimum Gasteiger partial charge on any atom is -0.493 e. The zero-order valence-electron chi connectivity index (χ0n) is 19.4. The van der Waals surface area contributed by atoms with Crippen LogP contribution in [0.1, 0.15) is 22.5 Å². The summed E-state index contributed by atoms with van der Waals surface area (Å²) in [7, 11) is -1.22. The fourth-order valence-electron chi connectivity index (χ4n) is 4.32. The third-order valence-corrected chi connectivity index (χ3v) is 7.83. The van der Waals surface area contributed by atoms with E-state index in [2.05, 4.69) is 24.6 Å². The molecule has 0 aliphatic carbocycles. The van der Waals surface area contributed by atoms with E-state index < -0.39 is 9.73 Å². The minimum absolute atomic E-state index is 0.220. The molecule has 4 heterocycles. The minimum atomic E-state index is -2.74. The van der Waals surface area contributed by atoms with Gasteiger partial charge in [0.15, 0.2) is 5.03 Å². The van der Waals surface area contributed by atoms with Crippen LogP contribution in [0, 0.1) is 19.7 Å². The number of benzene rings is 1. The lowest BCUT2D eigenvalue weighted by molar-refractivity contribution is 0.356. The molecule has 0 spiro atoms. The number of aryl methyl sites for hydroxylation is 2. The Kier molecular flexibility index (Phi) is 5.47. The SMILES string of the molecule is CN=S(C)(=O)c1ncn2c(NCc3c(F)ccc4c3CCO4)ncc(-c3ccc(C)nc3C)c12. The van der Waals surface area contributed by atoms with Gasteiger partial charge in [0.2, 0.25) is 5.95 Å². The second-order valence-electron chi connectivity index (χ2n) is 8.29. The van der Waals surface area contributed by atoms with Crippen LogP contribution in [-0.2, 0) is 22.7 Å². The van der Waals surface area contributed by atoms with E-state index in [1.54, 1.807) is 29.2 Å². The van der Waals surface area contributed by atoms with Crippen LogP contribution in [-0.4, -0.2) is 43.5 Å². The monoisotopic (exact) mass is 480 g/mol. The van der Waals surface area contributed by atoms with E-state index >= 15 is 0 Å². The molecule has 0 fully saturated rings. The highest BCUT2D eigenvalue weighted by Gasteiger charge is 2.23. The Morgan fingerprint density at radius 2 is 2.03 bits per heavy atom. The first-order valence-corrected chi connectivity index (χ1v) is 12.8. The lowest BCUT2D eigenvalue weighted by Crippen LogP contribution is -2.10. The van der Waals surface area contributed by atoms with Gasteiger partial charge in [0, 0.05) is 66.1 Å². The van der Waals surface area contributed by atoms with Gasteiger partial charge in [-0.3, -0.25) is 9.38 Å². The van der Waals surface area contributed by atoms with Crippen molar-refractivity contribution in [3.8, 4) is 16.9 Å². The van der Waals surface area contributed by atoms with Gasteiger partial charge in [-0.1, -0.05) is 6.07 Å². The first-order valence-electron chi connectivity index (χ1n) is 10.9. The Morgan fingerprint density at radius 1 is 1.21 bits per heavy atom. The molecule has 1 aliphatic heterocycles. The van der Waals surface area contributed by atoms with Crippen molar-refractivity contribution >= 4 is 21.2 Å². The molecule has 1 aliphatic rings. The number of nitrogens with one attached hydrogen (secondary N) is 1. The van der Waals surface area contributed by atoms with Crippen molar-refractivity contribution in [3.05, 3.63) is 65.1 Å². The van der Waals surface area contributed by atoms with Crippen LogP contribution in [0.4, 0.5) is 10.3 Å². The van der Waals surface area contributed by atoms with Crippen LogP contribution in [0.25, 0.3) is 16.6 Å². The molecule has 1 aromatic carbocycles. The Hall–Kier alpha value is -3.53. The van der Waals surface area contributed by atoms with E-state index in [9.17, 15) is 8.60 Å². The quantitative estimate of drug-likeness (QED) is 0.461. The average Bonchev–Trinajstić information content (AvgIpc) is 3.47. The first-order chi connectivity index (χ1) is 16.3. The summed E-state index contributed by atoms with van der Waals surface area (Å²) in [6, 6.07) is 6.99. The molecule has 5 rings (SSSR count). The lowest BCUT2D eigenvalue weighted by atomic mass is 10.0. The molecular formula is C24H25FN6O2S. The van der Waals surface area contributed by atoms with Gasteiger partial charge in [-0.25, -0.2) is 22.9 Å². The Balaban J connectivity index is 1.64. The molecule has 1 unspecified atom stereocenters. The van der Waals surface area contributed by atoms with Gasteiger partial charge in [0.25, 0.3) is 0 Å². The Morgan fingerprint density at radius 3 is 2.79 bits per heavy atom. The van der Waals surface area contributed by atoms with Crippen molar-refractivity contribution in [3.63, 3.8) is 0 Å². The summed E-state index contributed by atoms with van der Waals surface area (Å²) in [5.74, 6) is 0.880. The number of nitrogens with zero attached hydrogens (tertiary/aromatic N) is 5. The largest absolute Gasteiger partial charge is 0.493 e. The highest BCUT2D eigenvalue weighted by Crippen LogP contribution is 2.33. The molecule has 0 amide bonds.